The van der Waals surface area contributed by atoms with Gasteiger partial charge < -0.3 is 14.7 Å². The maximum absolute atomic E-state index is 11.0. The van der Waals surface area contributed by atoms with Crippen LogP contribution in [0.2, 0.25) is 0 Å². The molecule has 0 aliphatic heterocycles. The van der Waals surface area contributed by atoms with Gasteiger partial charge in [-0.2, -0.15) is 0 Å². The number of carboxylic acids is 1. The Morgan fingerprint density at radius 3 is 2.62 bits per heavy atom. The first-order valence-electron chi connectivity index (χ1n) is 7.40. The van der Waals surface area contributed by atoms with E-state index < -0.39 is 11.9 Å². The van der Waals surface area contributed by atoms with Crippen LogP contribution in [-0.2, 0) is 4.79 Å². The van der Waals surface area contributed by atoms with E-state index in [0.29, 0.717) is 13.1 Å². The van der Waals surface area contributed by atoms with E-state index in [0.717, 1.165) is 30.9 Å². The smallest absolute Gasteiger partial charge is 0.308 e. The van der Waals surface area contributed by atoms with Crippen molar-refractivity contribution in [3.8, 4) is 5.75 Å². The molecule has 0 heterocycles. The second kappa shape index (κ2) is 9.06. The number of ether oxygens (including phenoxy) is 1. The van der Waals surface area contributed by atoms with Gasteiger partial charge in [0.15, 0.2) is 0 Å². The Kier molecular flexibility index (Phi) is 7.37. The molecule has 0 amide bonds. The zero-order chi connectivity index (χ0) is 15.7. The van der Waals surface area contributed by atoms with Crippen LogP contribution in [0.1, 0.15) is 26.7 Å². The molecule has 0 saturated heterocycles. The molecule has 0 aliphatic rings. The third-order valence-corrected chi connectivity index (χ3v) is 3.23. The lowest BCUT2D eigenvalue weighted by atomic mass is 10.1. The molecular formula is C17H25NO3. The van der Waals surface area contributed by atoms with E-state index in [1.807, 2.05) is 29.2 Å². The van der Waals surface area contributed by atoms with Gasteiger partial charge in [-0.3, -0.25) is 4.79 Å². The SMILES string of the molecule is C=CCN(CC(C)C(=O)O)c1ccc(OCCCC)cc1. The van der Waals surface area contributed by atoms with E-state index >= 15 is 0 Å². The summed E-state index contributed by atoms with van der Waals surface area (Å²) in [6.45, 7) is 9.37. The van der Waals surface area contributed by atoms with Crippen molar-refractivity contribution < 1.29 is 14.6 Å². The largest absolute Gasteiger partial charge is 0.494 e. The van der Waals surface area contributed by atoms with Crippen LogP contribution in [0.15, 0.2) is 36.9 Å². The summed E-state index contributed by atoms with van der Waals surface area (Å²) in [6.07, 6.45) is 3.93. The molecule has 0 aromatic heterocycles. The molecule has 4 nitrogen and oxygen atoms in total. The van der Waals surface area contributed by atoms with Crippen molar-refractivity contribution in [1.82, 2.24) is 0 Å². The van der Waals surface area contributed by atoms with Gasteiger partial charge in [-0.1, -0.05) is 26.3 Å². The number of hydrogen-bond donors (Lipinski definition) is 1. The number of nitrogens with zero attached hydrogens (tertiary/aromatic N) is 1. The predicted octanol–water partition coefficient (Wildman–Crippen LogP) is 3.58. The van der Waals surface area contributed by atoms with Crippen LogP contribution in [0.3, 0.4) is 0 Å². The normalized spacial score (nSPS) is 11.7. The summed E-state index contributed by atoms with van der Waals surface area (Å²) in [5.41, 5.74) is 0.978. The van der Waals surface area contributed by atoms with E-state index in [1.54, 1.807) is 13.0 Å². The first-order valence-corrected chi connectivity index (χ1v) is 7.40. The van der Waals surface area contributed by atoms with E-state index in [9.17, 15) is 4.79 Å². The van der Waals surface area contributed by atoms with Crippen molar-refractivity contribution in [3.05, 3.63) is 36.9 Å². The average Bonchev–Trinajstić information content (AvgIpc) is 2.47. The number of hydrogen-bond acceptors (Lipinski definition) is 3. The molecule has 4 heteroatoms. The molecule has 1 unspecified atom stereocenters. The fourth-order valence-corrected chi connectivity index (χ4v) is 1.94. The highest BCUT2D eigenvalue weighted by Gasteiger charge is 2.15. The van der Waals surface area contributed by atoms with Crippen molar-refractivity contribution >= 4 is 11.7 Å². The molecule has 1 N–H and O–H groups in total. The number of rotatable bonds is 10. The van der Waals surface area contributed by atoms with Crippen molar-refractivity contribution in [3.63, 3.8) is 0 Å². The Bertz CT molecular complexity index is 442. The maximum atomic E-state index is 11.0. The summed E-state index contributed by atoms with van der Waals surface area (Å²) in [6, 6.07) is 7.76. The molecule has 21 heavy (non-hydrogen) atoms. The average molecular weight is 291 g/mol. The molecule has 1 rings (SSSR count). The number of benzene rings is 1. The second-order valence-corrected chi connectivity index (χ2v) is 5.13. The molecule has 0 aliphatic carbocycles. The van der Waals surface area contributed by atoms with Gasteiger partial charge in [0.1, 0.15) is 5.75 Å². The molecule has 1 aromatic rings. The Morgan fingerprint density at radius 2 is 2.10 bits per heavy atom. The van der Waals surface area contributed by atoms with E-state index in [-0.39, 0.29) is 0 Å². The molecule has 0 radical (unpaired) electrons. The van der Waals surface area contributed by atoms with Gasteiger partial charge in [0, 0.05) is 18.8 Å². The highest BCUT2D eigenvalue weighted by molar-refractivity contribution is 5.70. The van der Waals surface area contributed by atoms with Crippen molar-refractivity contribution in [2.24, 2.45) is 5.92 Å². The summed E-state index contributed by atoms with van der Waals surface area (Å²) in [5.74, 6) is -0.369. The second-order valence-electron chi connectivity index (χ2n) is 5.13. The monoisotopic (exact) mass is 291 g/mol. The van der Waals surface area contributed by atoms with Gasteiger partial charge in [0.05, 0.1) is 12.5 Å². The van der Waals surface area contributed by atoms with Gasteiger partial charge in [0.2, 0.25) is 0 Å². The van der Waals surface area contributed by atoms with E-state index in [1.165, 1.54) is 0 Å². The van der Waals surface area contributed by atoms with Crippen LogP contribution in [0.4, 0.5) is 5.69 Å². The zero-order valence-corrected chi connectivity index (χ0v) is 12.9. The summed E-state index contributed by atoms with van der Waals surface area (Å²) < 4.78 is 5.63. The molecule has 1 aromatic carbocycles. The number of aliphatic carboxylic acids is 1. The number of carbonyl (C=O) groups is 1. The van der Waals surface area contributed by atoms with Gasteiger partial charge in [-0.15, -0.1) is 6.58 Å². The van der Waals surface area contributed by atoms with Crippen LogP contribution < -0.4 is 9.64 Å². The van der Waals surface area contributed by atoms with Crippen molar-refractivity contribution in [1.29, 1.82) is 0 Å². The Labute approximate surface area is 127 Å². The Hall–Kier alpha value is -1.97. The van der Waals surface area contributed by atoms with Crippen LogP contribution >= 0.6 is 0 Å². The first kappa shape index (κ1) is 17.1. The summed E-state index contributed by atoms with van der Waals surface area (Å²) in [4.78, 5) is 13.0. The Balaban J connectivity index is 2.69. The highest BCUT2D eigenvalue weighted by atomic mass is 16.5. The van der Waals surface area contributed by atoms with Gasteiger partial charge in [-0.25, -0.2) is 0 Å². The van der Waals surface area contributed by atoms with Crippen molar-refractivity contribution in [2.45, 2.75) is 26.7 Å². The summed E-state index contributed by atoms with van der Waals surface area (Å²) >= 11 is 0. The first-order chi connectivity index (χ1) is 10.1. The van der Waals surface area contributed by atoms with E-state index in [4.69, 9.17) is 9.84 Å². The fourth-order valence-electron chi connectivity index (χ4n) is 1.94. The molecule has 116 valence electrons. The highest BCUT2D eigenvalue weighted by Crippen LogP contribution is 2.20. The molecule has 1 atom stereocenters. The lowest BCUT2D eigenvalue weighted by Gasteiger charge is -2.25. The molecule has 0 spiro atoms. The minimum atomic E-state index is -0.788. The van der Waals surface area contributed by atoms with Gasteiger partial charge in [0.25, 0.3) is 0 Å². The maximum Gasteiger partial charge on any atom is 0.308 e. The quantitative estimate of drug-likeness (QED) is 0.529. The number of carboxylic acid groups (broad SMARTS) is 1. The third kappa shape index (κ3) is 5.90. The van der Waals surface area contributed by atoms with Crippen LogP contribution in [0.5, 0.6) is 5.75 Å². The summed E-state index contributed by atoms with van der Waals surface area (Å²) in [7, 11) is 0. The van der Waals surface area contributed by atoms with Crippen molar-refractivity contribution in [2.75, 3.05) is 24.6 Å². The van der Waals surface area contributed by atoms with Crippen LogP contribution in [-0.4, -0.2) is 30.8 Å². The number of unbranched alkanes of at least 4 members (excludes halogenated alkanes) is 1. The van der Waals surface area contributed by atoms with Gasteiger partial charge >= 0.3 is 5.97 Å². The topological polar surface area (TPSA) is 49.8 Å². The van der Waals surface area contributed by atoms with Crippen LogP contribution in [0, 0.1) is 5.92 Å². The molecule has 0 saturated carbocycles. The third-order valence-electron chi connectivity index (χ3n) is 3.23. The molecule has 0 bridgehead atoms. The molecule has 0 fully saturated rings. The Morgan fingerprint density at radius 1 is 1.43 bits per heavy atom. The van der Waals surface area contributed by atoms with Crippen LogP contribution in [0.25, 0.3) is 0 Å². The lowest BCUT2D eigenvalue weighted by Crippen LogP contribution is -2.31. The fraction of sp³-hybridized carbons (Fsp3) is 0.471. The van der Waals surface area contributed by atoms with E-state index in [2.05, 4.69) is 13.5 Å². The van der Waals surface area contributed by atoms with Gasteiger partial charge in [-0.05, 0) is 30.7 Å². The molecular weight excluding hydrogens is 266 g/mol. The zero-order valence-electron chi connectivity index (χ0n) is 12.9. The minimum Gasteiger partial charge on any atom is -0.494 e. The lowest BCUT2D eigenvalue weighted by molar-refractivity contribution is -0.140. The predicted molar refractivity (Wildman–Crippen MR) is 86.1 cm³/mol. The standard InChI is InChI=1S/C17H25NO3/c1-4-6-12-21-16-9-7-15(8-10-16)18(11-5-2)13-14(3)17(19)20/h5,7-10,14H,2,4,6,11-13H2,1,3H3,(H,19,20). The minimum absolute atomic E-state index is 0.426. The summed E-state index contributed by atoms with van der Waals surface area (Å²) in [5, 5.41) is 9.04. The number of anilines is 1.